The molecule has 2 nitrogen and oxygen atoms in total. The van der Waals surface area contributed by atoms with Crippen LogP contribution < -0.4 is 5.32 Å². The van der Waals surface area contributed by atoms with E-state index >= 15 is 0 Å². The van der Waals surface area contributed by atoms with Crippen molar-refractivity contribution in [3.63, 3.8) is 0 Å². The highest BCUT2D eigenvalue weighted by Gasteiger charge is 2.24. The molecule has 0 spiro atoms. The molecule has 16 heavy (non-hydrogen) atoms. The minimum Gasteiger partial charge on any atom is -0.377 e. The molecule has 1 fully saturated rings. The Hall–Kier alpha value is -0.0800. The summed E-state index contributed by atoms with van der Waals surface area (Å²) in [7, 11) is 0. The molecular weight excluding hydrogens is 198 g/mol. The van der Waals surface area contributed by atoms with E-state index in [1.165, 1.54) is 19.3 Å². The molecule has 1 N–H and O–H groups in total. The van der Waals surface area contributed by atoms with Gasteiger partial charge in [0.25, 0.3) is 0 Å². The molecule has 0 amide bonds. The van der Waals surface area contributed by atoms with Gasteiger partial charge in [0.15, 0.2) is 0 Å². The molecule has 0 aromatic rings. The van der Waals surface area contributed by atoms with Gasteiger partial charge in [-0.2, -0.15) is 0 Å². The van der Waals surface area contributed by atoms with Crippen molar-refractivity contribution in [2.24, 2.45) is 17.8 Å². The van der Waals surface area contributed by atoms with Crippen LogP contribution in [-0.2, 0) is 4.74 Å². The van der Waals surface area contributed by atoms with Crippen LogP contribution in [0.3, 0.4) is 0 Å². The number of rotatable bonds is 6. The third-order valence-corrected chi connectivity index (χ3v) is 3.74. The Kier molecular flexibility index (Phi) is 6.37. The van der Waals surface area contributed by atoms with Crippen LogP contribution >= 0.6 is 0 Å². The molecule has 1 aliphatic carbocycles. The van der Waals surface area contributed by atoms with E-state index in [9.17, 15) is 0 Å². The highest BCUT2D eigenvalue weighted by molar-refractivity contribution is 4.75. The quantitative estimate of drug-likeness (QED) is 0.704. The Morgan fingerprint density at radius 1 is 1.19 bits per heavy atom. The number of hydrogen-bond donors (Lipinski definition) is 1. The Labute approximate surface area is 101 Å². The fourth-order valence-corrected chi connectivity index (χ4v) is 2.34. The fourth-order valence-electron chi connectivity index (χ4n) is 2.34. The zero-order valence-corrected chi connectivity index (χ0v) is 11.5. The van der Waals surface area contributed by atoms with E-state index in [1.807, 2.05) is 0 Å². The molecule has 0 bridgehead atoms. The monoisotopic (exact) mass is 227 g/mol. The summed E-state index contributed by atoms with van der Waals surface area (Å²) in [6.07, 6.45) is 4.37. The Balaban J connectivity index is 2.01. The lowest BCUT2D eigenvalue weighted by molar-refractivity contribution is 0.00421. The summed E-state index contributed by atoms with van der Waals surface area (Å²) in [6.45, 7) is 12.2. The number of hydrogen-bond acceptors (Lipinski definition) is 2. The zero-order valence-electron chi connectivity index (χ0n) is 11.5. The summed E-state index contributed by atoms with van der Waals surface area (Å²) >= 11 is 0. The highest BCUT2D eigenvalue weighted by Crippen LogP contribution is 2.30. The lowest BCUT2D eigenvalue weighted by Crippen LogP contribution is -2.30. The smallest absolute Gasteiger partial charge is 0.0594 e. The van der Waals surface area contributed by atoms with Gasteiger partial charge in [-0.25, -0.2) is 0 Å². The first kappa shape index (κ1) is 14.0. The van der Waals surface area contributed by atoms with Crippen LogP contribution in [0.5, 0.6) is 0 Å². The van der Waals surface area contributed by atoms with E-state index in [-0.39, 0.29) is 0 Å². The van der Waals surface area contributed by atoms with Gasteiger partial charge in [-0.3, -0.25) is 0 Å². The van der Waals surface area contributed by atoms with Crippen LogP contribution in [0.1, 0.15) is 47.0 Å². The van der Waals surface area contributed by atoms with Crippen molar-refractivity contribution in [1.82, 2.24) is 5.32 Å². The maximum Gasteiger partial charge on any atom is 0.0594 e. The van der Waals surface area contributed by atoms with Crippen LogP contribution in [0.2, 0.25) is 0 Å². The average Bonchev–Trinajstić information content (AvgIpc) is 2.22. The van der Waals surface area contributed by atoms with Crippen molar-refractivity contribution in [1.29, 1.82) is 0 Å². The molecule has 1 aliphatic rings. The largest absolute Gasteiger partial charge is 0.377 e. The summed E-state index contributed by atoms with van der Waals surface area (Å²) < 4.78 is 5.92. The number of ether oxygens (including phenoxy) is 1. The summed E-state index contributed by atoms with van der Waals surface area (Å²) in [4.78, 5) is 0. The second-order valence-corrected chi connectivity index (χ2v) is 5.86. The third-order valence-electron chi connectivity index (χ3n) is 3.74. The van der Waals surface area contributed by atoms with Gasteiger partial charge in [0.2, 0.25) is 0 Å². The van der Waals surface area contributed by atoms with Gasteiger partial charge < -0.3 is 10.1 Å². The van der Waals surface area contributed by atoms with Crippen molar-refractivity contribution in [2.75, 3.05) is 19.7 Å². The van der Waals surface area contributed by atoms with Crippen molar-refractivity contribution >= 4 is 0 Å². The SMILES string of the molecule is CC(C)CNCCOC1CCC(C)C(C)C1. The Morgan fingerprint density at radius 3 is 2.56 bits per heavy atom. The predicted octanol–water partition coefficient (Wildman–Crippen LogP) is 3.07. The van der Waals surface area contributed by atoms with E-state index in [0.717, 1.165) is 37.5 Å². The maximum atomic E-state index is 5.92. The lowest BCUT2D eigenvalue weighted by Gasteiger charge is -2.32. The minimum absolute atomic E-state index is 0.520. The Morgan fingerprint density at radius 2 is 1.94 bits per heavy atom. The molecule has 0 heterocycles. The van der Waals surface area contributed by atoms with E-state index in [0.29, 0.717) is 6.10 Å². The molecule has 1 rings (SSSR count). The van der Waals surface area contributed by atoms with Gasteiger partial charge in [0.05, 0.1) is 12.7 Å². The van der Waals surface area contributed by atoms with Crippen molar-refractivity contribution in [3.05, 3.63) is 0 Å². The average molecular weight is 227 g/mol. The normalized spacial score (nSPS) is 30.9. The van der Waals surface area contributed by atoms with E-state index in [2.05, 4.69) is 33.0 Å². The summed E-state index contributed by atoms with van der Waals surface area (Å²) in [5.41, 5.74) is 0. The first-order chi connectivity index (χ1) is 7.59. The molecule has 0 aromatic heterocycles. The Bertz CT molecular complexity index is 182. The zero-order chi connectivity index (χ0) is 12.0. The molecule has 2 heteroatoms. The topological polar surface area (TPSA) is 21.3 Å². The van der Waals surface area contributed by atoms with Gasteiger partial charge in [0.1, 0.15) is 0 Å². The van der Waals surface area contributed by atoms with Crippen LogP contribution in [0, 0.1) is 17.8 Å². The van der Waals surface area contributed by atoms with Crippen LogP contribution in [0.25, 0.3) is 0 Å². The van der Waals surface area contributed by atoms with Crippen LogP contribution in [0.15, 0.2) is 0 Å². The van der Waals surface area contributed by atoms with Gasteiger partial charge in [-0.05, 0) is 43.6 Å². The molecule has 0 aliphatic heterocycles. The molecule has 1 saturated carbocycles. The molecule has 96 valence electrons. The molecule has 3 unspecified atom stereocenters. The fraction of sp³-hybridized carbons (Fsp3) is 1.00. The minimum atomic E-state index is 0.520. The first-order valence-corrected chi connectivity index (χ1v) is 6.92. The summed E-state index contributed by atoms with van der Waals surface area (Å²) in [6, 6.07) is 0. The second kappa shape index (κ2) is 7.29. The van der Waals surface area contributed by atoms with Crippen molar-refractivity contribution in [2.45, 2.75) is 53.1 Å². The summed E-state index contributed by atoms with van der Waals surface area (Å²) in [5, 5.41) is 3.42. The number of nitrogens with one attached hydrogen (secondary N) is 1. The third kappa shape index (κ3) is 5.31. The molecular formula is C14H29NO. The van der Waals surface area contributed by atoms with Gasteiger partial charge in [-0.15, -0.1) is 0 Å². The van der Waals surface area contributed by atoms with Crippen molar-refractivity contribution < 1.29 is 4.74 Å². The standard InChI is InChI=1S/C14H29NO/c1-11(2)10-15-7-8-16-14-6-5-12(3)13(4)9-14/h11-15H,5-10H2,1-4H3. The molecule has 0 radical (unpaired) electrons. The first-order valence-electron chi connectivity index (χ1n) is 6.92. The maximum absolute atomic E-state index is 5.92. The van der Waals surface area contributed by atoms with E-state index < -0.39 is 0 Å². The lowest BCUT2D eigenvalue weighted by atomic mass is 9.80. The van der Waals surface area contributed by atoms with E-state index in [1.54, 1.807) is 0 Å². The van der Waals surface area contributed by atoms with Crippen molar-refractivity contribution in [3.8, 4) is 0 Å². The van der Waals surface area contributed by atoms with Gasteiger partial charge >= 0.3 is 0 Å². The van der Waals surface area contributed by atoms with Gasteiger partial charge in [-0.1, -0.05) is 27.7 Å². The van der Waals surface area contributed by atoms with Crippen LogP contribution in [-0.4, -0.2) is 25.8 Å². The van der Waals surface area contributed by atoms with Gasteiger partial charge in [0, 0.05) is 6.54 Å². The van der Waals surface area contributed by atoms with E-state index in [4.69, 9.17) is 4.74 Å². The second-order valence-electron chi connectivity index (χ2n) is 5.86. The molecule has 3 atom stereocenters. The molecule has 0 saturated heterocycles. The van der Waals surface area contributed by atoms with Crippen LogP contribution in [0.4, 0.5) is 0 Å². The molecule has 0 aromatic carbocycles. The predicted molar refractivity (Wildman–Crippen MR) is 69.6 cm³/mol. The highest BCUT2D eigenvalue weighted by atomic mass is 16.5. The summed E-state index contributed by atoms with van der Waals surface area (Å²) in [5.74, 6) is 2.46.